The number of anilines is 1. The second-order valence-corrected chi connectivity index (χ2v) is 7.09. The Labute approximate surface area is 166 Å². The van der Waals surface area contributed by atoms with E-state index in [2.05, 4.69) is 9.97 Å². The van der Waals surface area contributed by atoms with Crippen LogP contribution in [0.2, 0.25) is 0 Å². The first-order valence-corrected chi connectivity index (χ1v) is 9.30. The van der Waals surface area contributed by atoms with Gasteiger partial charge in [0.2, 0.25) is 0 Å². The van der Waals surface area contributed by atoms with E-state index in [1.807, 2.05) is 4.90 Å². The largest absolute Gasteiger partial charge is 0.422 e. The van der Waals surface area contributed by atoms with Gasteiger partial charge in [-0.15, -0.1) is 0 Å². The van der Waals surface area contributed by atoms with Crippen molar-refractivity contribution in [2.24, 2.45) is 11.7 Å². The highest BCUT2D eigenvalue weighted by Gasteiger charge is 2.24. The first kappa shape index (κ1) is 20.6. The predicted octanol–water partition coefficient (Wildman–Crippen LogP) is 2.55. The zero-order chi connectivity index (χ0) is 21.1. The summed E-state index contributed by atoms with van der Waals surface area (Å²) in [5.41, 5.74) is 6.30. The van der Waals surface area contributed by atoms with E-state index in [1.54, 1.807) is 13.0 Å². The number of primary amides is 1. The van der Waals surface area contributed by atoms with E-state index in [9.17, 15) is 18.4 Å². The van der Waals surface area contributed by atoms with Gasteiger partial charge in [0.1, 0.15) is 5.82 Å². The third-order valence-electron chi connectivity index (χ3n) is 4.91. The Morgan fingerprint density at radius 2 is 1.90 bits per heavy atom. The standard InChI is InChI=1S/C20H22F2N4O3/c1-11-19(29-12(2)27)18(20(23)28)25-17(24-11)9-13-5-7-26(8-6-13)14-3-4-15(21)16(22)10-14/h3-4,10,13H,5-9H2,1-2H3,(H2,23,28). The first-order valence-electron chi connectivity index (χ1n) is 9.30. The first-order chi connectivity index (χ1) is 13.7. The van der Waals surface area contributed by atoms with Crippen molar-refractivity contribution in [1.82, 2.24) is 9.97 Å². The maximum Gasteiger partial charge on any atom is 0.308 e. The number of hydrogen-bond acceptors (Lipinski definition) is 6. The van der Waals surface area contributed by atoms with E-state index in [0.29, 0.717) is 36.7 Å². The molecule has 0 bridgehead atoms. The number of nitrogens with two attached hydrogens (primary N) is 1. The third-order valence-corrected chi connectivity index (χ3v) is 4.91. The molecule has 1 aliphatic heterocycles. The van der Waals surface area contributed by atoms with Crippen molar-refractivity contribution in [2.75, 3.05) is 18.0 Å². The molecule has 0 spiro atoms. The molecule has 1 amide bonds. The van der Waals surface area contributed by atoms with Gasteiger partial charge in [0, 0.05) is 38.2 Å². The maximum absolute atomic E-state index is 13.5. The molecule has 0 saturated carbocycles. The molecular formula is C20H22F2N4O3. The number of hydrogen-bond donors (Lipinski definition) is 1. The average molecular weight is 404 g/mol. The number of aromatic nitrogens is 2. The molecule has 154 valence electrons. The van der Waals surface area contributed by atoms with Gasteiger partial charge in [-0.1, -0.05) is 0 Å². The van der Waals surface area contributed by atoms with E-state index < -0.39 is 23.5 Å². The zero-order valence-corrected chi connectivity index (χ0v) is 16.2. The molecule has 0 radical (unpaired) electrons. The number of carbonyl (C=O) groups excluding carboxylic acids is 2. The summed E-state index contributed by atoms with van der Waals surface area (Å²) in [6.45, 7) is 4.21. The number of halogens is 2. The normalized spacial score (nSPS) is 14.7. The summed E-state index contributed by atoms with van der Waals surface area (Å²) in [6.07, 6.45) is 2.14. The van der Waals surface area contributed by atoms with Crippen molar-refractivity contribution >= 4 is 17.6 Å². The Morgan fingerprint density at radius 1 is 1.21 bits per heavy atom. The van der Waals surface area contributed by atoms with Crippen molar-refractivity contribution in [2.45, 2.75) is 33.1 Å². The summed E-state index contributed by atoms with van der Waals surface area (Å²) >= 11 is 0. The van der Waals surface area contributed by atoms with Gasteiger partial charge in [0.05, 0.1) is 5.69 Å². The van der Waals surface area contributed by atoms with Crippen molar-refractivity contribution in [3.8, 4) is 5.75 Å². The van der Waals surface area contributed by atoms with Crippen LogP contribution in [0.4, 0.5) is 14.5 Å². The monoisotopic (exact) mass is 404 g/mol. The quantitative estimate of drug-likeness (QED) is 0.769. The van der Waals surface area contributed by atoms with Crippen LogP contribution in [-0.4, -0.2) is 34.9 Å². The lowest BCUT2D eigenvalue weighted by Crippen LogP contribution is -2.34. The number of rotatable bonds is 5. The molecule has 1 saturated heterocycles. The molecule has 29 heavy (non-hydrogen) atoms. The minimum Gasteiger partial charge on any atom is -0.422 e. The summed E-state index contributed by atoms with van der Waals surface area (Å²) in [5, 5.41) is 0. The van der Waals surface area contributed by atoms with Gasteiger partial charge in [-0.2, -0.15) is 0 Å². The van der Waals surface area contributed by atoms with Crippen LogP contribution in [0.3, 0.4) is 0 Å². The Bertz CT molecular complexity index is 944. The molecule has 2 heterocycles. The van der Waals surface area contributed by atoms with E-state index in [0.717, 1.165) is 18.9 Å². The van der Waals surface area contributed by atoms with Crippen molar-refractivity contribution < 1.29 is 23.1 Å². The molecule has 2 aromatic rings. The molecule has 2 N–H and O–H groups in total. The van der Waals surface area contributed by atoms with Crippen LogP contribution in [0.25, 0.3) is 0 Å². The molecule has 1 aromatic carbocycles. The van der Waals surface area contributed by atoms with Gasteiger partial charge < -0.3 is 15.4 Å². The second kappa shape index (κ2) is 8.50. The van der Waals surface area contributed by atoms with Crippen molar-refractivity contribution in [3.05, 3.63) is 47.0 Å². The molecule has 1 aromatic heterocycles. The van der Waals surface area contributed by atoms with Crippen molar-refractivity contribution in [3.63, 3.8) is 0 Å². The van der Waals surface area contributed by atoms with Gasteiger partial charge >= 0.3 is 5.97 Å². The summed E-state index contributed by atoms with van der Waals surface area (Å²) in [6, 6.07) is 3.90. The molecule has 3 rings (SSSR count). The predicted molar refractivity (Wildman–Crippen MR) is 102 cm³/mol. The van der Waals surface area contributed by atoms with Gasteiger partial charge in [-0.05, 0) is 37.8 Å². The summed E-state index contributed by atoms with van der Waals surface area (Å²) < 4.78 is 31.6. The Morgan fingerprint density at radius 3 is 2.48 bits per heavy atom. The lowest BCUT2D eigenvalue weighted by Gasteiger charge is -2.33. The third kappa shape index (κ3) is 4.85. The number of ether oxygens (including phenoxy) is 1. The average Bonchev–Trinajstić information content (AvgIpc) is 2.66. The van der Waals surface area contributed by atoms with Crippen LogP contribution in [0.5, 0.6) is 5.75 Å². The minimum atomic E-state index is -0.862. The molecule has 0 aliphatic carbocycles. The highest BCUT2D eigenvalue weighted by Crippen LogP contribution is 2.27. The summed E-state index contributed by atoms with van der Waals surface area (Å²) in [5.74, 6) is -2.40. The van der Waals surface area contributed by atoms with Crippen LogP contribution in [-0.2, 0) is 11.2 Å². The maximum atomic E-state index is 13.5. The highest BCUT2D eigenvalue weighted by atomic mass is 19.2. The smallest absolute Gasteiger partial charge is 0.308 e. The number of esters is 1. The summed E-state index contributed by atoms with van der Waals surface area (Å²) in [4.78, 5) is 33.6. The number of piperidine rings is 1. The highest BCUT2D eigenvalue weighted by molar-refractivity contribution is 5.94. The SMILES string of the molecule is CC(=O)Oc1c(C)nc(CC2CCN(c3ccc(F)c(F)c3)CC2)nc1C(N)=O. The fraction of sp³-hybridized carbons (Fsp3) is 0.400. The Hall–Kier alpha value is -3.10. The fourth-order valence-corrected chi connectivity index (χ4v) is 3.48. The topological polar surface area (TPSA) is 98.4 Å². The number of benzene rings is 1. The van der Waals surface area contributed by atoms with Gasteiger partial charge in [-0.3, -0.25) is 9.59 Å². The van der Waals surface area contributed by atoms with Gasteiger partial charge in [0.25, 0.3) is 5.91 Å². The molecule has 1 aliphatic rings. The van der Waals surface area contributed by atoms with Crippen LogP contribution in [0.1, 0.15) is 41.8 Å². The number of carbonyl (C=O) groups is 2. The van der Waals surface area contributed by atoms with Crippen molar-refractivity contribution in [1.29, 1.82) is 0 Å². The van der Waals surface area contributed by atoms with Crippen LogP contribution in [0, 0.1) is 24.5 Å². The van der Waals surface area contributed by atoms with E-state index in [1.165, 1.54) is 13.0 Å². The number of aryl methyl sites for hydroxylation is 1. The lowest BCUT2D eigenvalue weighted by molar-refractivity contribution is -0.132. The number of amides is 1. The number of nitrogens with zero attached hydrogens (tertiary/aromatic N) is 3. The molecule has 0 atom stereocenters. The van der Waals surface area contributed by atoms with Crippen LogP contribution in [0.15, 0.2) is 18.2 Å². The van der Waals surface area contributed by atoms with Crippen LogP contribution >= 0.6 is 0 Å². The fourth-order valence-electron chi connectivity index (χ4n) is 3.48. The van der Waals surface area contributed by atoms with E-state index in [-0.39, 0.29) is 17.4 Å². The molecule has 9 heteroatoms. The summed E-state index contributed by atoms with van der Waals surface area (Å²) in [7, 11) is 0. The molecule has 1 fully saturated rings. The molecule has 0 unspecified atom stereocenters. The van der Waals surface area contributed by atoms with Gasteiger partial charge in [-0.25, -0.2) is 18.7 Å². The lowest BCUT2D eigenvalue weighted by atomic mass is 9.92. The zero-order valence-electron chi connectivity index (χ0n) is 16.2. The van der Waals surface area contributed by atoms with Gasteiger partial charge in [0.15, 0.2) is 23.1 Å². The molecular weight excluding hydrogens is 382 g/mol. The van der Waals surface area contributed by atoms with E-state index >= 15 is 0 Å². The minimum absolute atomic E-state index is 0.0121. The second-order valence-electron chi connectivity index (χ2n) is 7.09. The Balaban J connectivity index is 1.69. The molecule has 7 nitrogen and oxygen atoms in total. The Kier molecular flexibility index (Phi) is 6.05. The van der Waals surface area contributed by atoms with E-state index in [4.69, 9.17) is 10.5 Å². The van der Waals surface area contributed by atoms with Crippen LogP contribution < -0.4 is 15.4 Å².